The molecule has 2 amide bonds. The summed E-state index contributed by atoms with van der Waals surface area (Å²) in [5.74, 6) is 4.24. The number of aryl methyl sites for hydroxylation is 1. The highest BCUT2D eigenvalue weighted by Gasteiger charge is 2.15. The van der Waals surface area contributed by atoms with E-state index in [9.17, 15) is 9.59 Å². The van der Waals surface area contributed by atoms with Gasteiger partial charge in [-0.05, 0) is 26.0 Å². The first-order valence-corrected chi connectivity index (χ1v) is 4.92. The van der Waals surface area contributed by atoms with Gasteiger partial charge >= 0.3 is 0 Å². The highest BCUT2D eigenvalue weighted by atomic mass is 16.2. The molecule has 1 aromatic rings. The second-order valence-electron chi connectivity index (χ2n) is 3.57. The smallest absolute Gasteiger partial charge is 0.256 e. The van der Waals surface area contributed by atoms with E-state index in [2.05, 4.69) is 5.32 Å². The zero-order chi connectivity index (χ0) is 12.1. The molecule has 0 saturated heterocycles. The third-order valence-corrected chi connectivity index (χ3v) is 2.16. The molecule has 86 valence electrons. The van der Waals surface area contributed by atoms with Crippen LogP contribution in [0.3, 0.4) is 0 Å². The Labute approximate surface area is 94.0 Å². The van der Waals surface area contributed by atoms with Gasteiger partial charge < -0.3 is 5.32 Å². The molecular formula is C11H15N3O2. The van der Waals surface area contributed by atoms with Crippen molar-refractivity contribution in [1.29, 1.82) is 0 Å². The molecule has 1 aromatic carbocycles. The van der Waals surface area contributed by atoms with Crippen LogP contribution in [0.2, 0.25) is 0 Å². The van der Waals surface area contributed by atoms with Crippen LogP contribution in [0.5, 0.6) is 0 Å². The average Bonchev–Trinajstić information content (AvgIpc) is 2.27. The fourth-order valence-electron chi connectivity index (χ4n) is 1.26. The molecule has 0 bridgehead atoms. The van der Waals surface area contributed by atoms with E-state index < -0.39 is 11.9 Å². The number of nitrogens with two attached hydrogens (primary N) is 1. The summed E-state index contributed by atoms with van der Waals surface area (Å²) in [6.45, 7) is 3.46. The van der Waals surface area contributed by atoms with Crippen LogP contribution in [0.15, 0.2) is 24.3 Å². The number of nitrogens with one attached hydrogen (secondary N) is 2. The van der Waals surface area contributed by atoms with E-state index in [1.807, 2.05) is 18.4 Å². The highest BCUT2D eigenvalue weighted by molar-refractivity contribution is 5.97. The molecule has 0 saturated carbocycles. The number of hydrazine groups is 1. The molecule has 5 heteroatoms. The lowest BCUT2D eigenvalue weighted by molar-refractivity contribution is -0.122. The fourth-order valence-corrected chi connectivity index (χ4v) is 1.26. The van der Waals surface area contributed by atoms with Crippen molar-refractivity contribution >= 4 is 11.8 Å². The zero-order valence-corrected chi connectivity index (χ0v) is 9.28. The van der Waals surface area contributed by atoms with E-state index in [1.165, 1.54) is 0 Å². The monoisotopic (exact) mass is 221 g/mol. The van der Waals surface area contributed by atoms with Crippen LogP contribution in [0, 0.1) is 6.92 Å². The predicted molar refractivity (Wildman–Crippen MR) is 60.4 cm³/mol. The lowest BCUT2D eigenvalue weighted by Crippen LogP contribution is -2.47. The zero-order valence-electron chi connectivity index (χ0n) is 9.28. The van der Waals surface area contributed by atoms with Gasteiger partial charge in [-0.15, -0.1) is 0 Å². The van der Waals surface area contributed by atoms with Crippen molar-refractivity contribution < 1.29 is 9.59 Å². The van der Waals surface area contributed by atoms with Gasteiger partial charge in [-0.1, -0.05) is 17.7 Å². The molecule has 0 unspecified atom stereocenters. The van der Waals surface area contributed by atoms with Gasteiger partial charge in [0.25, 0.3) is 11.8 Å². The van der Waals surface area contributed by atoms with Crippen LogP contribution in [0.1, 0.15) is 22.8 Å². The van der Waals surface area contributed by atoms with Crippen molar-refractivity contribution in [2.45, 2.75) is 19.9 Å². The Bertz CT molecular complexity index is 404. The van der Waals surface area contributed by atoms with E-state index in [1.54, 1.807) is 25.1 Å². The van der Waals surface area contributed by atoms with Crippen LogP contribution >= 0.6 is 0 Å². The van der Waals surface area contributed by atoms with Crippen molar-refractivity contribution in [2.75, 3.05) is 0 Å². The van der Waals surface area contributed by atoms with Gasteiger partial charge in [0.2, 0.25) is 0 Å². The summed E-state index contributed by atoms with van der Waals surface area (Å²) in [5.41, 5.74) is 3.49. The summed E-state index contributed by atoms with van der Waals surface area (Å²) >= 11 is 0. The Morgan fingerprint density at radius 3 is 2.62 bits per heavy atom. The summed E-state index contributed by atoms with van der Waals surface area (Å²) in [6, 6.07) is 6.47. The molecule has 0 aliphatic rings. The Balaban J connectivity index is 2.69. The van der Waals surface area contributed by atoms with Crippen LogP contribution in [-0.4, -0.2) is 17.9 Å². The standard InChI is InChI=1S/C11H15N3O2/c1-7-4-3-5-9(6-7)11(16)13-8(2)10(15)14-12/h3-6,8H,12H2,1-2H3,(H,13,16)(H,14,15)/t8-/m0/s1. The molecule has 0 aromatic heterocycles. The maximum Gasteiger partial charge on any atom is 0.256 e. The Morgan fingerprint density at radius 2 is 2.06 bits per heavy atom. The van der Waals surface area contributed by atoms with Crippen molar-refractivity contribution in [3.8, 4) is 0 Å². The van der Waals surface area contributed by atoms with Crippen LogP contribution < -0.4 is 16.6 Å². The number of amides is 2. The molecule has 4 N–H and O–H groups in total. The van der Waals surface area contributed by atoms with E-state index in [-0.39, 0.29) is 5.91 Å². The molecule has 0 spiro atoms. The molecule has 1 atom stereocenters. The van der Waals surface area contributed by atoms with Gasteiger partial charge in [0, 0.05) is 5.56 Å². The van der Waals surface area contributed by atoms with Gasteiger partial charge in [-0.3, -0.25) is 15.0 Å². The Kier molecular flexibility index (Phi) is 4.02. The summed E-state index contributed by atoms with van der Waals surface area (Å²) in [6.07, 6.45) is 0. The number of rotatable bonds is 3. The van der Waals surface area contributed by atoms with Gasteiger partial charge in [0.15, 0.2) is 0 Å². The van der Waals surface area contributed by atoms with Gasteiger partial charge in [-0.25, -0.2) is 5.84 Å². The fraction of sp³-hybridized carbons (Fsp3) is 0.273. The summed E-state index contributed by atoms with van der Waals surface area (Å²) in [5, 5.41) is 2.54. The van der Waals surface area contributed by atoms with Crippen molar-refractivity contribution in [3.05, 3.63) is 35.4 Å². The first kappa shape index (κ1) is 12.2. The number of benzene rings is 1. The minimum absolute atomic E-state index is 0.292. The van der Waals surface area contributed by atoms with E-state index in [0.29, 0.717) is 5.56 Å². The minimum atomic E-state index is -0.655. The van der Waals surface area contributed by atoms with Crippen molar-refractivity contribution in [2.24, 2.45) is 5.84 Å². The first-order chi connectivity index (χ1) is 7.54. The van der Waals surface area contributed by atoms with Gasteiger partial charge in [0.05, 0.1) is 0 Å². The molecule has 0 fully saturated rings. The van der Waals surface area contributed by atoms with Crippen LogP contribution in [0.4, 0.5) is 0 Å². The third kappa shape index (κ3) is 3.06. The summed E-state index contributed by atoms with van der Waals surface area (Å²) < 4.78 is 0. The highest BCUT2D eigenvalue weighted by Crippen LogP contribution is 2.03. The molecule has 16 heavy (non-hydrogen) atoms. The molecule has 5 nitrogen and oxygen atoms in total. The second-order valence-corrected chi connectivity index (χ2v) is 3.57. The van der Waals surface area contributed by atoms with Gasteiger partial charge in [-0.2, -0.15) is 0 Å². The molecule has 0 heterocycles. The maximum atomic E-state index is 11.7. The number of carbonyl (C=O) groups is 2. The summed E-state index contributed by atoms with van der Waals surface area (Å²) in [7, 11) is 0. The van der Waals surface area contributed by atoms with E-state index >= 15 is 0 Å². The molecule has 1 rings (SSSR count). The Hall–Kier alpha value is -1.88. The minimum Gasteiger partial charge on any atom is -0.340 e. The maximum absolute atomic E-state index is 11.7. The van der Waals surface area contributed by atoms with Crippen LogP contribution in [-0.2, 0) is 4.79 Å². The Morgan fingerprint density at radius 1 is 1.38 bits per heavy atom. The topological polar surface area (TPSA) is 84.2 Å². The lowest BCUT2D eigenvalue weighted by Gasteiger charge is -2.12. The molecular weight excluding hydrogens is 206 g/mol. The summed E-state index contributed by atoms with van der Waals surface area (Å²) in [4.78, 5) is 22.8. The van der Waals surface area contributed by atoms with Crippen molar-refractivity contribution in [3.63, 3.8) is 0 Å². The third-order valence-electron chi connectivity index (χ3n) is 2.16. The lowest BCUT2D eigenvalue weighted by atomic mass is 10.1. The van der Waals surface area contributed by atoms with Gasteiger partial charge in [0.1, 0.15) is 6.04 Å². The largest absolute Gasteiger partial charge is 0.340 e. The SMILES string of the molecule is Cc1cccc(C(=O)N[C@@H](C)C(=O)NN)c1. The number of hydrogen-bond donors (Lipinski definition) is 3. The number of carbonyl (C=O) groups excluding carboxylic acids is 2. The first-order valence-electron chi connectivity index (χ1n) is 4.92. The quantitative estimate of drug-likeness (QED) is 0.384. The molecule has 0 radical (unpaired) electrons. The predicted octanol–water partition coefficient (Wildman–Crippen LogP) is 0.103. The second kappa shape index (κ2) is 5.27. The van der Waals surface area contributed by atoms with Crippen LogP contribution in [0.25, 0.3) is 0 Å². The number of hydrogen-bond acceptors (Lipinski definition) is 3. The average molecular weight is 221 g/mol. The van der Waals surface area contributed by atoms with E-state index in [4.69, 9.17) is 5.84 Å². The molecule has 0 aliphatic carbocycles. The molecule has 0 aliphatic heterocycles. The van der Waals surface area contributed by atoms with E-state index in [0.717, 1.165) is 5.56 Å². The van der Waals surface area contributed by atoms with Crippen molar-refractivity contribution in [1.82, 2.24) is 10.7 Å². The normalized spacial score (nSPS) is 11.7.